The zero-order valence-electron chi connectivity index (χ0n) is 11.9. The van der Waals surface area contributed by atoms with Gasteiger partial charge in [0.25, 0.3) is 0 Å². The summed E-state index contributed by atoms with van der Waals surface area (Å²) in [5.41, 5.74) is 1.79. The van der Waals surface area contributed by atoms with Gasteiger partial charge in [-0.15, -0.1) is 0 Å². The number of hydrogen-bond donors (Lipinski definition) is 1. The second-order valence-corrected chi connectivity index (χ2v) is 6.31. The SMILES string of the molecule is Cc1ccc(NC(=O)N2C3CCC2CN(C)C3)cc1Cl. The second-order valence-electron chi connectivity index (χ2n) is 5.91. The van der Waals surface area contributed by atoms with E-state index in [2.05, 4.69) is 17.3 Å². The van der Waals surface area contributed by atoms with Gasteiger partial charge in [0, 0.05) is 35.9 Å². The first kappa shape index (κ1) is 13.7. The number of likely N-dealkylation sites (tertiary alicyclic amines) is 1. The number of rotatable bonds is 1. The number of benzene rings is 1. The standard InChI is InChI=1S/C15H20ClN3O/c1-10-3-4-11(7-14(10)16)17-15(20)19-12-5-6-13(19)9-18(2)8-12/h3-4,7,12-13H,5-6,8-9H2,1-2H3,(H,17,20). The molecule has 1 aromatic carbocycles. The molecule has 1 N–H and O–H groups in total. The number of piperazine rings is 1. The van der Waals surface area contributed by atoms with E-state index >= 15 is 0 Å². The zero-order chi connectivity index (χ0) is 14.3. The molecule has 2 bridgehead atoms. The molecule has 108 valence electrons. The Morgan fingerprint density at radius 1 is 1.30 bits per heavy atom. The molecule has 2 amide bonds. The minimum absolute atomic E-state index is 0.00511. The minimum atomic E-state index is 0.00511. The monoisotopic (exact) mass is 293 g/mol. The molecular formula is C15H20ClN3O. The van der Waals surface area contributed by atoms with Crippen molar-refractivity contribution in [1.82, 2.24) is 9.80 Å². The summed E-state index contributed by atoms with van der Waals surface area (Å²) < 4.78 is 0. The Labute approximate surface area is 124 Å². The van der Waals surface area contributed by atoms with Crippen molar-refractivity contribution in [3.05, 3.63) is 28.8 Å². The van der Waals surface area contributed by atoms with E-state index in [1.54, 1.807) is 0 Å². The van der Waals surface area contributed by atoms with Gasteiger partial charge in [0.05, 0.1) is 0 Å². The average Bonchev–Trinajstić information content (AvgIpc) is 2.66. The van der Waals surface area contributed by atoms with E-state index in [1.807, 2.05) is 30.0 Å². The highest BCUT2D eigenvalue weighted by Gasteiger charge is 2.41. The van der Waals surface area contributed by atoms with Crippen LogP contribution in [0.4, 0.5) is 10.5 Å². The fourth-order valence-electron chi connectivity index (χ4n) is 3.30. The van der Waals surface area contributed by atoms with E-state index in [-0.39, 0.29) is 6.03 Å². The van der Waals surface area contributed by atoms with E-state index in [1.165, 1.54) is 0 Å². The molecule has 0 aromatic heterocycles. The summed E-state index contributed by atoms with van der Waals surface area (Å²) in [5, 5.41) is 3.66. The van der Waals surface area contributed by atoms with Gasteiger partial charge >= 0.3 is 6.03 Å². The Kier molecular flexibility index (Phi) is 3.61. The summed E-state index contributed by atoms with van der Waals surface area (Å²) in [4.78, 5) is 16.8. The largest absolute Gasteiger partial charge is 0.322 e. The van der Waals surface area contributed by atoms with Gasteiger partial charge in [-0.1, -0.05) is 17.7 Å². The smallest absolute Gasteiger partial charge is 0.316 e. The van der Waals surface area contributed by atoms with Crippen LogP contribution in [-0.4, -0.2) is 48.1 Å². The molecule has 2 aliphatic heterocycles. The van der Waals surface area contributed by atoms with Crippen LogP contribution in [0, 0.1) is 6.92 Å². The Bertz CT molecular complexity index is 520. The van der Waals surface area contributed by atoms with E-state index < -0.39 is 0 Å². The van der Waals surface area contributed by atoms with Crippen LogP contribution < -0.4 is 5.32 Å². The van der Waals surface area contributed by atoms with Gasteiger partial charge < -0.3 is 15.1 Å². The number of hydrogen-bond acceptors (Lipinski definition) is 2. The van der Waals surface area contributed by atoms with E-state index in [4.69, 9.17) is 11.6 Å². The molecule has 2 aliphatic rings. The molecule has 20 heavy (non-hydrogen) atoms. The van der Waals surface area contributed by atoms with Crippen molar-refractivity contribution in [2.45, 2.75) is 31.8 Å². The fraction of sp³-hybridized carbons (Fsp3) is 0.533. The van der Waals surface area contributed by atoms with Crippen LogP contribution in [-0.2, 0) is 0 Å². The lowest BCUT2D eigenvalue weighted by Gasteiger charge is -2.39. The topological polar surface area (TPSA) is 35.6 Å². The number of carbonyl (C=O) groups is 1. The van der Waals surface area contributed by atoms with Crippen molar-refractivity contribution in [3.8, 4) is 0 Å². The second kappa shape index (κ2) is 5.26. The summed E-state index contributed by atoms with van der Waals surface area (Å²) in [7, 11) is 2.13. The molecule has 5 heteroatoms. The number of urea groups is 1. The minimum Gasteiger partial charge on any atom is -0.316 e. The van der Waals surface area contributed by atoms with Crippen molar-refractivity contribution in [1.29, 1.82) is 0 Å². The highest BCUT2D eigenvalue weighted by molar-refractivity contribution is 6.31. The number of fused-ring (bicyclic) bond motifs is 2. The molecule has 4 nitrogen and oxygen atoms in total. The van der Waals surface area contributed by atoms with Gasteiger partial charge in [-0.25, -0.2) is 4.79 Å². The first-order valence-corrected chi connectivity index (χ1v) is 7.46. The lowest BCUT2D eigenvalue weighted by molar-refractivity contribution is 0.111. The molecule has 0 radical (unpaired) electrons. The predicted molar refractivity (Wildman–Crippen MR) is 81.4 cm³/mol. The van der Waals surface area contributed by atoms with Crippen molar-refractivity contribution < 1.29 is 4.79 Å². The third-order valence-electron chi connectivity index (χ3n) is 4.32. The maximum absolute atomic E-state index is 12.5. The van der Waals surface area contributed by atoms with Gasteiger partial charge in [-0.3, -0.25) is 0 Å². The van der Waals surface area contributed by atoms with Crippen LogP contribution in [0.2, 0.25) is 5.02 Å². The molecule has 0 spiro atoms. The van der Waals surface area contributed by atoms with Crippen LogP contribution in [0.3, 0.4) is 0 Å². The van der Waals surface area contributed by atoms with Crippen LogP contribution >= 0.6 is 11.6 Å². The maximum atomic E-state index is 12.5. The Morgan fingerprint density at radius 3 is 2.55 bits per heavy atom. The van der Waals surface area contributed by atoms with Gasteiger partial charge in [0.2, 0.25) is 0 Å². The van der Waals surface area contributed by atoms with E-state index in [0.717, 1.165) is 37.2 Å². The lowest BCUT2D eigenvalue weighted by atomic mass is 10.2. The predicted octanol–water partition coefficient (Wildman–Crippen LogP) is 2.96. The van der Waals surface area contributed by atoms with Crippen LogP contribution in [0.5, 0.6) is 0 Å². The molecule has 2 heterocycles. The van der Waals surface area contributed by atoms with Crippen LogP contribution in [0.15, 0.2) is 18.2 Å². The van der Waals surface area contributed by atoms with Crippen molar-refractivity contribution in [2.24, 2.45) is 0 Å². The third-order valence-corrected chi connectivity index (χ3v) is 4.73. The summed E-state index contributed by atoms with van der Waals surface area (Å²) in [6.07, 6.45) is 2.22. The first-order valence-electron chi connectivity index (χ1n) is 7.08. The summed E-state index contributed by atoms with van der Waals surface area (Å²) in [6, 6.07) is 6.34. The van der Waals surface area contributed by atoms with Gasteiger partial charge in [-0.2, -0.15) is 0 Å². The summed E-state index contributed by atoms with van der Waals surface area (Å²) in [5.74, 6) is 0. The number of anilines is 1. The molecule has 2 atom stereocenters. The van der Waals surface area contributed by atoms with Crippen LogP contribution in [0.1, 0.15) is 18.4 Å². The maximum Gasteiger partial charge on any atom is 0.322 e. The number of carbonyl (C=O) groups excluding carboxylic acids is 1. The molecule has 0 aliphatic carbocycles. The van der Waals surface area contributed by atoms with Crippen molar-refractivity contribution in [2.75, 3.05) is 25.5 Å². The first-order chi connectivity index (χ1) is 9.54. The molecule has 0 saturated carbocycles. The molecule has 3 rings (SSSR count). The highest BCUT2D eigenvalue weighted by Crippen LogP contribution is 2.30. The molecular weight excluding hydrogens is 274 g/mol. The quantitative estimate of drug-likeness (QED) is 0.864. The number of amides is 2. The van der Waals surface area contributed by atoms with E-state index in [9.17, 15) is 4.79 Å². The van der Waals surface area contributed by atoms with E-state index in [0.29, 0.717) is 17.1 Å². The normalized spacial score (nSPS) is 25.9. The lowest BCUT2D eigenvalue weighted by Crippen LogP contribution is -2.55. The summed E-state index contributed by atoms with van der Waals surface area (Å²) >= 11 is 6.10. The van der Waals surface area contributed by atoms with Crippen LogP contribution in [0.25, 0.3) is 0 Å². The molecule has 2 saturated heterocycles. The van der Waals surface area contributed by atoms with Crippen molar-refractivity contribution in [3.63, 3.8) is 0 Å². The highest BCUT2D eigenvalue weighted by atomic mass is 35.5. The third kappa shape index (κ3) is 2.50. The summed E-state index contributed by atoms with van der Waals surface area (Å²) in [6.45, 7) is 3.89. The van der Waals surface area contributed by atoms with Gasteiger partial charge in [-0.05, 0) is 44.5 Å². The fourth-order valence-corrected chi connectivity index (χ4v) is 3.48. The van der Waals surface area contributed by atoms with Gasteiger partial charge in [0.15, 0.2) is 0 Å². The molecule has 1 aromatic rings. The zero-order valence-corrected chi connectivity index (χ0v) is 12.7. The molecule has 2 unspecified atom stereocenters. The Hall–Kier alpha value is -1.26. The number of halogens is 1. The van der Waals surface area contributed by atoms with Crippen molar-refractivity contribution >= 4 is 23.3 Å². The average molecular weight is 294 g/mol. The number of aryl methyl sites for hydroxylation is 1. The number of nitrogens with zero attached hydrogens (tertiary/aromatic N) is 2. The Morgan fingerprint density at radius 2 is 1.95 bits per heavy atom. The number of likely N-dealkylation sites (N-methyl/N-ethyl adjacent to an activating group) is 1. The Balaban J connectivity index is 1.72. The molecule has 2 fully saturated rings. The van der Waals surface area contributed by atoms with Gasteiger partial charge in [0.1, 0.15) is 0 Å². The number of nitrogens with one attached hydrogen (secondary N) is 1.